The van der Waals surface area contributed by atoms with Gasteiger partial charge in [-0.1, -0.05) is 18.1 Å². The van der Waals surface area contributed by atoms with Crippen LogP contribution in [-0.2, 0) is 6.54 Å². The Kier molecular flexibility index (Phi) is 3.73. The Morgan fingerprint density at radius 2 is 2.04 bits per heavy atom. The number of rotatable bonds is 4. The quantitative estimate of drug-likeness (QED) is 0.735. The van der Waals surface area contributed by atoms with Crippen LogP contribution in [0.1, 0.15) is 34.7 Å². The second kappa shape index (κ2) is 6.06. The molecule has 124 valence electrons. The molecule has 0 spiro atoms. The summed E-state index contributed by atoms with van der Waals surface area (Å²) < 4.78 is 14.8. The summed E-state index contributed by atoms with van der Waals surface area (Å²) in [6.45, 7) is 0.340. The Hall–Kier alpha value is -3.13. The standard InChI is InChI=1S/C20H16FN3O/c1-2-12-24-18-16(13-6-7-13)4-3-5-17(18)19(23-24)22-20(25)14-8-10-15(21)11-9-14/h1,3-5,8-11,13H,6-7,12H2,(H,22,23,25). The van der Waals surface area contributed by atoms with Crippen molar-refractivity contribution < 1.29 is 9.18 Å². The van der Waals surface area contributed by atoms with Crippen molar-refractivity contribution in [2.24, 2.45) is 0 Å². The highest BCUT2D eigenvalue weighted by Crippen LogP contribution is 2.44. The summed E-state index contributed by atoms with van der Waals surface area (Å²) in [6, 6.07) is 11.4. The van der Waals surface area contributed by atoms with Crippen LogP contribution in [0, 0.1) is 18.2 Å². The predicted octanol–water partition coefficient (Wildman–Crippen LogP) is 3.94. The van der Waals surface area contributed by atoms with Crippen molar-refractivity contribution in [2.75, 3.05) is 5.32 Å². The fraction of sp³-hybridized carbons (Fsp3) is 0.200. The minimum Gasteiger partial charge on any atom is -0.305 e. The number of benzene rings is 2. The molecule has 1 aliphatic rings. The molecule has 3 aromatic rings. The maximum atomic E-state index is 13.0. The number of halogens is 1. The molecule has 5 heteroatoms. The minimum absolute atomic E-state index is 0.330. The molecule has 2 aromatic carbocycles. The second-order valence-electron chi connectivity index (χ2n) is 6.19. The molecule has 4 rings (SSSR count). The molecular weight excluding hydrogens is 317 g/mol. The number of aromatic nitrogens is 2. The van der Waals surface area contributed by atoms with Gasteiger partial charge in [0.15, 0.2) is 5.82 Å². The van der Waals surface area contributed by atoms with Crippen LogP contribution in [0.5, 0.6) is 0 Å². The van der Waals surface area contributed by atoms with Gasteiger partial charge in [0.05, 0.1) is 5.52 Å². The number of hydrogen-bond acceptors (Lipinski definition) is 2. The maximum absolute atomic E-state index is 13.0. The number of carbonyl (C=O) groups is 1. The van der Waals surface area contributed by atoms with E-state index in [4.69, 9.17) is 6.42 Å². The van der Waals surface area contributed by atoms with Gasteiger partial charge in [0.25, 0.3) is 5.91 Å². The summed E-state index contributed by atoms with van der Waals surface area (Å²) in [5, 5.41) is 8.20. The number of nitrogens with one attached hydrogen (secondary N) is 1. The largest absolute Gasteiger partial charge is 0.305 e. The summed E-state index contributed by atoms with van der Waals surface area (Å²) in [7, 11) is 0. The molecule has 1 saturated carbocycles. The van der Waals surface area contributed by atoms with Gasteiger partial charge >= 0.3 is 0 Å². The van der Waals surface area contributed by atoms with E-state index in [0.29, 0.717) is 23.8 Å². The van der Waals surface area contributed by atoms with Crippen LogP contribution < -0.4 is 5.32 Å². The van der Waals surface area contributed by atoms with Crippen LogP contribution in [0.15, 0.2) is 42.5 Å². The number of amides is 1. The minimum atomic E-state index is -0.380. The van der Waals surface area contributed by atoms with E-state index in [1.165, 1.54) is 29.8 Å². The summed E-state index contributed by atoms with van der Waals surface area (Å²) in [5.74, 6) is 2.92. The van der Waals surface area contributed by atoms with E-state index in [0.717, 1.165) is 23.7 Å². The summed E-state index contributed by atoms with van der Waals surface area (Å²) >= 11 is 0. The zero-order valence-corrected chi connectivity index (χ0v) is 13.5. The molecule has 1 amide bonds. The van der Waals surface area contributed by atoms with Crippen LogP contribution in [0.4, 0.5) is 10.2 Å². The Balaban J connectivity index is 1.74. The number of para-hydroxylation sites is 1. The molecule has 4 nitrogen and oxygen atoms in total. The van der Waals surface area contributed by atoms with Gasteiger partial charge in [-0.3, -0.25) is 9.48 Å². The Morgan fingerprint density at radius 1 is 1.28 bits per heavy atom. The molecule has 1 aliphatic carbocycles. The number of fused-ring (bicyclic) bond motifs is 1. The monoisotopic (exact) mass is 333 g/mol. The third-order valence-corrected chi connectivity index (χ3v) is 4.40. The van der Waals surface area contributed by atoms with E-state index in [9.17, 15) is 9.18 Å². The molecule has 1 aromatic heterocycles. The number of nitrogens with zero attached hydrogens (tertiary/aromatic N) is 2. The van der Waals surface area contributed by atoms with Crippen LogP contribution in [-0.4, -0.2) is 15.7 Å². The van der Waals surface area contributed by atoms with Gasteiger partial charge < -0.3 is 5.32 Å². The van der Waals surface area contributed by atoms with E-state index in [1.807, 2.05) is 12.1 Å². The molecule has 1 N–H and O–H groups in total. The number of terminal acetylenes is 1. The highest BCUT2D eigenvalue weighted by molar-refractivity contribution is 6.08. The van der Waals surface area contributed by atoms with Gasteiger partial charge in [0, 0.05) is 10.9 Å². The molecule has 0 atom stereocenters. The van der Waals surface area contributed by atoms with Crippen molar-refractivity contribution in [2.45, 2.75) is 25.3 Å². The molecule has 1 heterocycles. The molecule has 0 bridgehead atoms. The summed E-state index contributed by atoms with van der Waals surface area (Å²) in [6.07, 6.45) is 7.80. The third-order valence-electron chi connectivity index (χ3n) is 4.40. The van der Waals surface area contributed by atoms with Crippen molar-refractivity contribution in [3.8, 4) is 12.3 Å². The lowest BCUT2D eigenvalue weighted by atomic mass is 10.1. The first-order valence-electron chi connectivity index (χ1n) is 8.17. The van der Waals surface area contributed by atoms with E-state index in [-0.39, 0.29) is 11.7 Å². The van der Waals surface area contributed by atoms with Gasteiger partial charge in [-0.15, -0.1) is 6.42 Å². The van der Waals surface area contributed by atoms with Crippen molar-refractivity contribution in [1.82, 2.24) is 9.78 Å². The first-order chi connectivity index (χ1) is 12.2. The first kappa shape index (κ1) is 15.4. The van der Waals surface area contributed by atoms with Gasteiger partial charge in [-0.25, -0.2) is 4.39 Å². The average Bonchev–Trinajstić information content (AvgIpc) is 3.40. The van der Waals surface area contributed by atoms with Gasteiger partial charge in [0.2, 0.25) is 0 Å². The number of hydrogen-bond donors (Lipinski definition) is 1. The van der Waals surface area contributed by atoms with Crippen molar-refractivity contribution >= 4 is 22.6 Å². The summed E-state index contributed by atoms with van der Waals surface area (Å²) in [4.78, 5) is 12.4. The van der Waals surface area contributed by atoms with E-state index < -0.39 is 0 Å². The fourth-order valence-corrected chi connectivity index (χ4v) is 3.06. The smallest absolute Gasteiger partial charge is 0.256 e. The van der Waals surface area contributed by atoms with Crippen molar-refractivity contribution in [3.63, 3.8) is 0 Å². The highest BCUT2D eigenvalue weighted by Gasteiger charge is 2.28. The normalized spacial score (nSPS) is 13.6. The van der Waals surface area contributed by atoms with Crippen molar-refractivity contribution in [1.29, 1.82) is 0 Å². The maximum Gasteiger partial charge on any atom is 0.256 e. The van der Waals surface area contributed by atoms with E-state index in [1.54, 1.807) is 4.68 Å². The Labute approximate surface area is 144 Å². The lowest BCUT2D eigenvalue weighted by molar-refractivity contribution is 0.102. The molecule has 0 unspecified atom stereocenters. The molecule has 1 fully saturated rings. The Morgan fingerprint density at radius 3 is 2.72 bits per heavy atom. The molecule has 0 radical (unpaired) electrons. The molecular formula is C20H16FN3O. The lowest BCUT2D eigenvalue weighted by Crippen LogP contribution is -2.12. The van der Waals surface area contributed by atoms with Gasteiger partial charge in [-0.05, 0) is 54.7 Å². The van der Waals surface area contributed by atoms with E-state index >= 15 is 0 Å². The fourth-order valence-electron chi connectivity index (χ4n) is 3.06. The van der Waals surface area contributed by atoms with Crippen LogP contribution >= 0.6 is 0 Å². The lowest BCUT2D eigenvalue weighted by Gasteiger charge is -2.04. The third kappa shape index (κ3) is 2.87. The predicted molar refractivity (Wildman–Crippen MR) is 94.9 cm³/mol. The Bertz CT molecular complexity index is 994. The van der Waals surface area contributed by atoms with Gasteiger partial charge in [0.1, 0.15) is 12.4 Å². The molecule has 25 heavy (non-hydrogen) atoms. The topological polar surface area (TPSA) is 46.9 Å². The van der Waals surface area contributed by atoms with E-state index in [2.05, 4.69) is 22.4 Å². The highest BCUT2D eigenvalue weighted by atomic mass is 19.1. The van der Waals surface area contributed by atoms with Crippen LogP contribution in [0.25, 0.3) is 10.9 Å². The molecule has 0 saturated heterocycles. The zero-order valence-electron chi connectivity index (χ0n) is 13.5. The average molecular weight is 333 g/mol. The van der Waals surface area contributed by atoms with Crippen molar-refractivity contribution in [3.05, 3.63) is 59.4 Å². The SMILES string of the molecule is C#CCn1nc(NC(=O)c2ccc(F)cc2)c2cccc(C3CC3)c21. The molecule has 0 aliphatic heterocycles. The van der Waals surface area contributed by atoms with Crippen LogP contribution in [0.2, 0.25) is 0 Å². The van der Waals surface area contributed by atoms with Gasteiger partial charge in [-0.2, -0.15) is 5.10 Å². The summed E-state index contributed by atoms with van der Waals surface area (Å²) in [5.41, 5.74) is 2.58. The number of carbonyl (C=O) groups excluding carboxylic acids is 1. The first-order valence-corrected chi connectivity index (χ1v) is 8.17. The zero-order chi connectivity index (χ0) is 17.4. The second-order valence-corrected chi connectivity index (χ2v) is 6.19. The number of anilines is 1. The van der Waals surface area contributed by atoms with Crippen LogP contribution in [0.3, 0.4) is 0 Å².